The van der Waals surface area contributed by atoms with E-state index >= 15 is 0 Å². The van der Waals surface area contributed by atoms with Crippen molar-refractivity contribution in [2.45, 2.75) is 49.1 Å². The van der Waals surface area contributed by atoms with Crippen LogP contribution in [-0.4, -0.2) is 124 Å². The lowest BCUT2D eigenvalue weighted by Crippen LogP contribution is -2.33. The van der Waals surface area contributed by atoms with E-state index in [0.29, 0.717) is 0 Å². The standard InChI is InChI=1S/C20H27N10O16P3/c21-15-9-17(25-3-23-15)29(5-27-9)19-13(33)11(31)7(43-19)1-41-47(35,36)45-49(39,40)46-48(37,38)42-2-8-12(32)14(34)20(44-8)30-6-28-10-16(22)24-4-26-18(10)30/h3-8,11-14,19-20,31-34H,1-2H2,(H,35,36)(H,37,38)(H,39,40)(H2,21,23,25)(H2,22,24,26)/t7-,8-,11-,12-,13-,14-,19-,20-/m1/s1. The van der Waals surface area contributed by atoms with Crippen molar-refractivity contribution >= 4 is 57.4 Å². The van der Waals surface area contributed by atoms with E-state index in [1.54, 1.807) is 0 Å². The molecule has 2 fully saturated rings. The van der Waals surface area contributed by atoms with E-state index in [1.165, 1.54) is 21.8 Å². The Bertz CT molecular complexity index is 1860. The first-order valence-corrected chi connectivity index (χ1v) is 18.0. The molecule has 2 unspecified atom stereocenters. The Morgan fingerprint density at radius 1 is 0.633 bits per heavy atom. The third-order valence-electron chi connectivity index (χ3n) is 7.21. The van der Waals surface area contributed by atoms with Crippen LogP contribution in [0.15, 0.2) is 25.3 Å². The lowest BCUT2D eigenvalue weighted by Gasteiger charge is -2.21. The molecule has 2 aliphatic heterocycles. The number of aromatic nitrogens is 8. The minimum absolute atomic E-state index is 0.0158. The Kier molecular flexibility index (Phi) is 9.62. The number of aliphatic hydroxyl groups excluding tert-OH is 4. The Labute approximate surface area is 271 Å². The molecule has 10 atom stereocenters. The number of imidazole rings is 2. The summed E-state index contributed by atoms with van der Waals surface area (Å²) in [5, 5.41) is 41.8. The van der Waals surface area contributed by atoms with E-state index in [4.69, 9.17) is 20.9 Å². The highest BCUT2D eigenvalue weighted by Crippen LogP contribution is 2.67. The van der Waals surface area contributed by atoms with Crippen LogP contribution in [0.25, 0.3) is 22.3 Å². The van der Waals surface area contributed by atoms with Gasteiger partial charge < -0.3 is 56.0 Å². The third kappa shape index (κ3) is 7.22. The first-order chi connectivity index (χ1) is 23.0. The zero-order valence-electron chi connectivity index (χ0n) is 24.2. The average Bonchev–Trinajstić information content (AvgIpc) is 3.77. The van der Waals surface area contributed by atoms with Crippen molar-refractivity contribution in [1.29, 1.82) is 0 Å². The fourth-order valence-corrected chi connectivity index (χ4v) is 8.49. The van der Waals surface area contributed by atoms with Crippen LogP contribution in [0, 0.1) is 0 Å². The number of ether oxygens (including phenoxy) is 2. The Balaban J connectivity index is 1.03. The number of aliphatic hydroxyl groups is 4. The summed E-state index contributed by atoms with van der Waals surface area (Å²) in [6.07, 6.45) is -7.97. The molecule has 0 bridgehead atoms. The van der Waals surface area contributed by atoms with Crippen molar-refractivity contribution in [3.8, 4) is 0 Å². The van der Waals surface area contributed by atoms with Crippen molar-refractivity contribution in [2.75, 3.05) is 24.7 Å². The normalized spacial score (nSPS) is 31.2. The van der Waals surface area contributed by atoms with Gasteiger partial charge in [-0.2, -0.15) is 8.62 Å². The van der Waals surface area contributed by atoms with Gasteiger partial charge in [-0.1, -0.05) is 0 Å². The predicted octanol–water partition coefficient (Wildman–Crippen LogP) is -2.56. The maximum Gasteiger partial charge on any atom is 0.490 e. The number of phosphoric acid groups is 3. The van der Waals surface area contributed by atoms with Gasteiger partial charge in [-0.05, 0) is 0 Å². The van der Waals surface area contributed by atoms with Crippen molar-refractivity contribution in [3.05, 3.63) is 25.3 Å². The SMILES string of the molecule is Nc1ncnc2c1ncn2[C@@H]1O[C@H](COP(=O)(O)OP(=O)(O)OP(=O)(O)OC[C@H]2O[C@@H](n3cnc4c(N)ncnc43)[C@H](O)[C@@H]2O)[C@@H](O)[C@H]1O. The van der Waals surface area contributed by atoms with Crippen LogP contribution in [-0.2, 0) is 40.8 Å². The molecule has 0 spiro atoms. The molecule has 4 aromatic rings. The van der Waals surface area contributed by atoms with Crippen LogP contribution < -0.4 is 11.5 Å². The van der Waals surface area contributed by atoms with E-state index in [1.807, 2.05) is 0 Å². The van der Waals surface area contributed by atoms with Gasteiger partial charge in [-0.3, -0.25) is 18.2 Å². The lowest BCUT2D eigenvalue weighted by atomic mass is 10.1. The van der Waals surface area contributed by atoms with Crippen LogP contribution in [0.1, 0.15) is 12.5 Å². The average molecular weight is 756 g/mol. The van der Waals surface area contributed by atoms with Crippen molar-refractivity contribution in [3.63, 3.8) is 0 Å². The summed E-state index contributed by atoms with van der Waals surface area (Å²) in [4.78, 5) is 53.5. The van der Waals surface area contributed by atoms with Gasteiger partial charge in [0.2, 0.25) is 0 Å². The maximum absolute atomic E-state index is 12.4. The highest BCUT2D eigenvalue weighted by Gasteiger charge is 2.49. The highest BCUT2D eigenvalue weighted by atomic mass is 31.3. The lowest BCUT2D eigenvalue weighted by molar-refractivity contribution is -0.0510. The number of anilines is 2. The van der Waals surface area contributed by atoms with Gasteiger partial charge in [0.05, 0.1) is 25.9 Å². The van der Waals surface area contributed by atoms with Gasteiger partial charge in [0.15, 0.2) is 35.4 Å². The van der Waals surface area contributed by atoms with Crippen LogP contribution in [0.4, 0.5) is 11.6 Å². The Morgan fingerprint density at radius 2 is 1.02 bits per heavy atom. The molecular weight excluding hydrogens is 729 g/mol. The van der Waals surface area contributed by atoms with Crippen molar-refractivity contribution in [2.24, 2.45) is 0 Å². The van der Waals surface area contributed by atoms with Gasteiger partial charge >= 0.3 is 23.5 Å². The molecule has 0 aromatic carbocycles. The van der Waals surface area contributed by atoms with E-state index < -0.39 is 85.8 Å². The van der Waals surface area contributed by atoms with Gasteiger partial charge in [0, 0.05) is 0 Å². The molecule has 26 nitrogen and oxygen atoms in total. The minimum atomic E-state index is -5.94. The first kappa shape index (κ1) is 35.7. The van der Waals surface area contributed by atoms with E-state index in [0.717, 1.165) is 12.7 Å². The largest absolute Gasteiger partial charge is 0.490 e. The van der Waals surface area contributed by atoms with Gasteiger partial charge in [0.25, 0.3) is 0 Å². The molecule has 268 valence electrons. The van der Waals surface area contributed by atoms with Gasteiger partial charge in [-0.25, -0.2) is 43.6 Å². The van der Waals surface area contributed by atoms with Crippen molar-refractivity contribution in [1.82, 2.24) is 39.0 Å². The van der Waals surface area contributed by atoms with E-state index in [-0.39, 0.29) is 34.0 Å². The summed E-state index contributed by atoms with van der Waals surface area (Å²) >= 11 is 0. The Hall–Kier alpha value is -3.13. The molecule has 49 heavy (non-hydrogen) atoms. The van der Waals surface area contributed by atoms with Crippen LogP contribution >= 0.6 is 23.5 Å². The molecule has 6 heterocycles. The van der Waals surface area contributed by atoms with E-state index in [2.05, 4.69) is 47.6 Å². The van der Waals surface area contributed by atoms with Crippen LogP contribution in [0.2, 0.25) is 0 Å². The molecular formula is C20H27N10O16P3. The second kappa shape index (κ2) is 13.2. The summed E-state index contributed by atoms with van der Waals surface area (Å²) in [5.41, 5.74) is 12.0. The summed E-state index contributed by atoms with van der Waals surface area (Å²) < 4.78 is 67.9. The number of rotatable bonds is 12. The van der Waals surface area contributed by atoms with Crippen LogP contribution in [0.3, 0.4) is 0 Å². The van der Waals surface area contributed by atoms with E-state index in [9.17, 15) is 48.8 Å². The number of nitrogens with two attached hydrogens (primary N) is 2. The number of hydrogen-bond acceptors (Lipinski definition) is 21. The molecule has 2 saturated heterocycles. The third-order valence-corrected chi connectivity index (χ3v) is 11.5. The topological polar surface area (TPSA) is 387 Å². The minimum Gasteiger partial charge on any atom is -0.387 e. The van der Waals surface area contributed by atoms with Gasteiger partial charge in [0.1, 0.15) is 60.3 Å². The monoisotopic (exact) mass is 756 g/mol. The number of phosphoric ester groups is 2. The maximum atomic E-state index is 12.4. The number of nitrogens with zero attached hydrogens (tertiary/aromatic N) is 8. The molecule has 4 aromatic heterocycles. The molecule has 0 amide bonds. The van der Waals surface area contributed by atoms with Crippen molar-refractivity contribution < 1.29 is 75.9 Å². The molecule has 0 radical (unpaired) electrons. The number of fused-ring (bicyclic) bond motifs is 2. The summed E-state index contributed by atoms with van der Waals surface area (Å²) in [6, 6.07) is 0. The summed E-state index contributed by atoms with van der Waals surface area (Å²) in [6.45, 7) is -2.05. The first-order valence-electron chi connectivity index (χ1n) is 13.6. The fourth-order valence-electron chi connectivity index (χ4n) is 4.96. The molecule has 2 aliphatic rings. The molecule has 6 rings (SSSR count). The van der Waals surface area contributed by atoms with Gasteiger partial charge in [-0.15, -0.1) is 0 Å². The molecule has 0 saturated carbocycles. The zero-order valence-corrected chi connectivity index (χ0v) is 26.9. The summed E-state index contributed by atoms with van der Waals surface area (Å²) in [5.74, 6) is 0.0316. The van der Waals surface area contributed by atoms with Crippen LogP contribution in [0.5, 0.6) is 0 Å². The summed E-state index contributed by atoms with van der Waals surface area (Å²) in [7, 11) is -17.2. The molecule has 0 aliphatic carbocycles. The second-order valence-electron chi connectivity index (χ2n) is 10.4. The smallest absolute Gasteiger partial charge is 0.387 e. The predicted molar refractivity (Wildman–Crippen MR) is 155 cm³/mol. The zero-order chi connectivity index (χ0) is 35.5. The molecule has 29 heteroatoms. The fraction of sp³-hybridized carbons (Fsp3) is 0.500. The quantitative estimate of drug-likeness (QED) is 0.0671. The molecule has 11 N–H and O–H groups in total. The highest BCUT2D eigenvalue weighted by molar-refractivity contribution is 7.66. The Morgan fingerprint density at radius 3 is 1.41 bits per heavy atom. The second-order valence-corrected chi connectivity index (χ2v) is 15.1. The number of hydrogen-bond donors (Lipinski definition) is 9. The number of nitrogen functional groups attached to an aromatic ring is 2.